The Labute approximate surface area is 240 Å². The smallest absolute Gasteiger partial charge is 0.225 e. The number of rotatable bonds is 7. The van der Waals surface area contributed by atoms with Crippen LogP contribution in [0.5, 0.6) is 0 Å². The second-order valence-electron chi connectivity index (χ2n) is 11.4. The molecule has 0 bridgehead atoms. The summed E-state index contributed by atoms with van der Waals surface area (Å²) in [4.78, 5) is 15.5. The van der Waals surface area contributed by atoms with Crippen molar-refractivity contribution in [2.75, 3.05) is 24.3 Å². The molecule has 1 saturated carbocycles. The van der Waals surface area contributed by atoms with E-state index in [2.05, 4.69) is 99.4 Å². The Morgan fingerprint density at radius 3 is 2.29 bits per heavy atom. The first-order chi connectivity index (χ1) is 20.1. The molecule has 1 aliphatic carbocycles. The Morgan fingerprint density at radius 2 is 1.46 bits per heavy atom. The van der Waals surface area contributed by atoms with Gasteiger partial charge in [-0.05, 0) is 71.8 Å². The van der Waals surface area contributed by atoms with Gasteiger partial charge in [-0.3, -0.25) is 0 Å². The number of hydrogen-bond acceptors (Lipinski definition) is 5. The minimum Gasteiger partial charge on any atom is -0.362 e. The van der Waals surface area contributed by atoms with Gasteiger partial charge in [0.1, 0.15) is 5.82 Å². The van der Waals surface area contributed by atoms with Crippen molar-refractivity contribution in [2.24, 2.45) is 0 Å². The zero-order valence-corrected chi connectivity index (χ0v) is 23.7. The highest BCUT2D eigenvalue weighted by Gasteiger charge is 2.23. The number of hydrogen-bond donors (Lipinski definition) is 3. The molecule has 0 radical (unpaired) electrons. The maximum absolute atomic E-state index is 4.85. The molecule has 3 N–H and O–H groups in total. The molecule has 2 heterocycles. The molecular weight excluding hydrogens is 504 g/mol. The topological polar surface area (TPSA) is 68.9 Å². The summed E-state index contributed by atoms with van der Waals surface area (Å²) in [7, 11) is 4.07. The van der Waals surface area contributed by atoms with Crippen LogP contribution in [0.25, 0.3) is 43.8 Å². The van der Waals surface area contributed by atoms with Gasteiger partial charge in [-0.25, -0.2) is 4.98 Å². The molecule has 0 atom stereocenters. The van der Waals surface area contributed by atoms with Gasteiger partial charge in [-0.1, -0.05) is 66.7 Å². The molecule has 7 rings (SSSR count). The Bertz CT molecular complexity index is 1830. The van der Waals surface area contributed by atoms with Crippen LogP contribution in [0.15, 0.2) is 91.0 Å². The normalized spacial score (nSPS) is 17.3. The lowest BCUT2D eigenvalue weighted by Gasteiger charge is -2.30. The Hall–Kier alpha value is -4.42. The lowest BCUT2D eigenvalue weighted by molar-refractivity contribution is 0.352. The number of anilines is 2. The van der Waals surface area contributed by atoms with Crippen LogP contribution in [-0.2, 0) is 6.54 Å². The molecule has 0 amide bonds. The molecule has 0 unspecified atom stereocenters. The second kappa shape index (κ2) is 10.9. The minimum atomic E-state index is 0.380. The van der Waals surface area contributed by atoms with Crippen molar-refractivity contribution < 1.29 is 0 Å². The molecule has 1 fully saturated rings. The fourth-order valence-corrected chi connectivity index (χ4v) is 6.31. The first-order valence-electron chi connectivity index (χ1n) is 14.6. The predicted molar refractivity (Wildman–Crippen MR) is 172 cm³/mol. The number of benzene rings is 4. The molecule has 2 aromatic heterocycles. The van der Waals surface area contributed by atoms with Gasteiger partial charge in [-0.2, -0.15) is 4.98 Å². The van der Waals surface area contributed by atoms with Crippen molar-refractivity contribution in [3.63, 3.8) is 0 Å². The summed E-state index contributed by atoms with van der Waals surface area (Å²) in [5.41, 5.74) is 5.96. The summed E-state index contributed by atoms with van der Waals surface area (Å²) in [5, 5.41) is 12.5. The average Bonchev–Trinajstić information content (AvgIpc) is 3.38. The van der Waals surface area contributed by atoms with Gasteiger partial charge in [0.2, 0.25) is 5.95 Å². The van der Waals surface area contributed by atoms with E-state index in [4.69, 9.17) is 9.97 Å². The average molecular weight is 541 g/mol. The number of aromatic nitrogens is 3. The molecular formula is C35H36N6. The fourth-order valence-electron chi connectivity index (χ4n) is 6.31. The van der Waals surface area contributed by atoms with Crippen LogP contribution in [0.2, 0.25) is 0 Å². The molecule has 4 aromatic carbocycles. The van der Waals surface area contributed by atoms with Crippen LogP contribution in [0.1, 0.15) is 31.2 Å². The van der Waals surface area contributed by atoms with Crippen LogP contribution in [0.4, 0.5) is 11.8 Å². The number of nitrogens with zero attached hydrogens (tertiary/aromatic N) is 3. The van der Waals surface area contributed by atoms with Crippen molar-refractivity contribution in [1.29, 1.82) is 0 Å². The summed E-state index contributed by atoms with van der Waals surface area (Å²) < 4.78 is 0. The zero-order valence-electron chi connectivity index (χ0n) is 23.7. The molecule has 206 valence electrons. The van der Waals surface area contributed by atoms with Gasteiger partial charge in [0.15, 0.2) is 0 Å². The van der Waals surface area contributed by atoms with E-state index >= 15 is 0 Å². The van der Waals surface area contributed by atoms with Crippen molar-refractivity contribution >= 4 is 44.3 Å². The second-order valence-corrected chi connectivity index (χ2v) is 11.4. The summed E-state index contributed by atoms with van der Waals surface area (Å²) in [6.07, 6.45) is 4.44. The standard InChI is InChI=1S/C35H36N6/c1-41(2)34-29-12-6-8-14-32(29)39-35(40-34)37-27-19-17-26(18-20-27)36-22-30-28-11-5-7-13-31(28)38-33(30)25-16-15-23-9-3-4-10-24(23)21-25/h3-16,21,26-27,36,38H,17-20,22H2,1-2H3,(H,37,39,40). The van der Waals surface area contributed by atoms with E-state index in [9.17, 15) is 0 Å². The maximum Gasteiger partial charge on any atom is 0.225 e. The number of aromatic amines is 1. The first-order valence-corrected chi connectivity index (χ1v) is 14.6. The summed E-state index contributed by atoms with van der Waals surface area (Å²) in [6.45, 7) is 0.842. The zero-order chi connectivity index (χ0) is 27.8. The van der Waals surface area contributed by atoms with Crippen molar-refractivity contribution in [3.05, 3.63) is 96.6 Å². The van der Waals surface area contributed by atoms with E-state index in [0.717, 1.165) is 54.9 Å². The van der Waals surface area contributed by atoms with Crippen molar-refractivity contribution in [2.45, 2.75) is 44.3 Å². The monoisotopic (exact) mass is 540 g/mol. The Balaban J connectivity index is 1.05. The van der Waals surface area contributed by atoms with E-state index < -0.39 is 0 Å². The van der Waals surface area contributed by atoms with Crippen molar-refractivity contribution in [3.8, 4) is 11.3 Å². The third-order valence-corrected chi connectivity index (χ3v) is 8.49. The molecule has 1 aliphatic rings. The number of H-pyrrole nitrogens is 1. The highest BCUT2D eigenvalue weighted by molar-refractivity contribution is 5.94. The van der Waals surface area contributed by atoms with E-state index in [1.165, 1.54) is 38.5 Å². The molecule has 0 spiro atoms. The molecule has 6 aromatic rings. The van der Waals surface area contributed by atoms with E-state index in [0.29, 0.717) is 12.1 Å². The van der Waals surface area contributed by atoms with Gasteiger partial charge < -0.3 is 20.5 Å². The minimum absolute atomic E-state index is 0.380. The number of fused-ring (bicyclic) bond motifs is 3. The van der Waals surface area contributed by atoms with Crippen LogP contribution in [-0.4, -0.2) is 41.1 Å². The summed E-state index contributed by atoms with van der Waals surface area (Å²) >= 11 is 0. The van der Waals surface area contributed by atoms with Gasteiger partial charge in [-0.15, -0.1) is 0 Å². The largest absolute Gasteiger partial charge is 0.362 e. The molecule has 6 heteroatoms. The molecule has 0 aliphatic heterocycles. The highest BCUT2D eigenvalue weighted by atomic mass is 15.2. The Morgan fingerprint density at radius 1 is 0.756 bits per heavy atom. The SMILES string of the molecule is CN(C)c1nc(NC2CCC(NCc3c(-c4ccc5ccccc5c4)[nH]c4ccccc34)CC2)nc2ccccc12. The van der Waals surface area contributed by atoms with E-state index in [-0.39, 0.29) is 0 Å². The predicted octanol–water partition coefficient (Wildman–Crippen LogP) is 7.51. The third-order valence-electron chi connectivity index (χ3n) is 8.49. The third kappa shape index (κ3) is 5.11. The lowest BCUT2D eigenvalue weighted by Crippen LogP contribution is -2.37. The lowest BCUT2D eigenvalue weighted by atomic mass is 9.91. The first kappa shape index (κ1) is 25.5. The van der Waals surface area contributed by atoms with Crippen LogP contribution in [0.3, 0.4) is 0 Å². The summed E-state index contributed by atoms with van der Waals surface area (Å²) in [5.74, 6) is 1.68. The van der Waals surface area contributed by atoms with Crippen LogP contribution < -0.4 is 15.5 Å². The Kier molecular flexibility index (Phi) is 6.77. The van der Waals surface area contributed by atoms with E-state index in [1.54, 1.807) is 0 Å². The van der Waals surface area contributed by atoms with Crippen LogP contribution in [0, 0.1) is 0 Å². The quantitative estimate of drug-likeness (QED) is 0.195. The van der Waals surface area contributed by atoms with Gasteiger partial charge in [0, 0.05) is 49.0 Å². The van der Waals surface area contributed by atoms with Crippen LogP contribution >= 0.6 is 0 Å². The fraction of sp³-hybridized carbons (Fsp3) is 0.257. The molecule has 0 saturated heterocycles. The van der Waals surface area contributed by atoms with E-state index in [1.807, 2.05) is 26.2 Å². The molecule has 41 heavy (non-hydrogen) atoms. The van der Waals surface area contributed by atoms with Gasteiger partial charge in [0.25, 0.3) is 0 Å². The van der Waals surface area contributed by atoms with Crippen molar-refractivity contribution in [1.82, 2.24) is 20.3 Å². The highest BCUT2D eigenvalue weighted by Crippen LogP contribution is 2.33. The summed E-state index contributed by atoms with van der Waals surface area (Å²) in [6, 6.07) is 33.1. The maximum atomic E-state index is 4.85. The number of nitrogens with one attached hydrogen (secondary N) is 3. The van der Waals surface area contributed by atoms with Gasteiger partial charge in [0.05, 0.1) is 11.2 Å². The molecule has 6 nitrogen and oxygen atoms in total. The number of para-hydroxylation sites is 2. The van der Waals surface area contributed by atoms with Gasteiger partial charge >= 0.3 is 0 Å².